The predicted octanol–water partition coefficient (Wildman–Crippen LogP) is 2.96. The number of anilines is 1. The van der Waals surface area contributed by atoms with Gasteiger partial charge in [-0.1, -0.05) is 18.2 Å². The van der Waals surface area contributed by atoms with Gasteiger partial charge < -0.3 is 10.6 Å². The number of hydrogen-bond donors (Lipinski definition) is 2. The van der Waals surface area contributed by atoms with Crippen molar-refractivity contribution in [1.29, 1.82) is 0 Å². The van der Waals surface area contributed by atoms with Crippen LogP contribution >= 0.6 is 15.9 Å². The molecule has 0 aliphatic carbocycles. The molecule has 0 heterocycles. The van der Waals surface area contributed by atoms with Crippen molar-refractivity contribution >= 4 is 33.4 Å². The van der Waals surface area contributed by atoms with Crippen LogP contribution in [-0.2, 0) is 4.79 Å². The maximum atomic E-state index is 13.0. The van der Waals surface area contributed by atoms with Gasteiger partial charge in [0, 0.05) is 10.0 Å². The van der Waals surface area contributed by atoms with Crippen LogP contribution in [0.25, 0.3) is 0 Å². The molecule has 108 valence electrons. The lowest BCUT2D eigenvalue weighted by Gasteiger charge is -2.08. The van der Waals surface area contributed by atoms with Gasteiger partial charge in [-0.25, -0.2) is 4.39 Å². The smallest absolute Gasteiger partial charge is 0.251 e. The minimum absolute atomic E-state index is 0.170. The van der Waals surface area contributed by atoms with E-state index in [0.717, 1.165) is 10.5 Å². The minimum atomic E-state index is -0.503. The minimum Gasteiger partial charge on any atom is -0.343 e. The van der Waals surface area contributed by atoms with Crippen molar-refractivity contribution < 1.29 is 14.0 Å². The number of carbonyl (C=O) groups excluding carboxylic acids is 2. The summed E-state index contributed by atoms with van der Waals surface area (Å²) in [5.74, 6) is -1.37. The zero-order valence-electron chi connectivity index (χ0n) is 10.9. The third kappa shape index (κ3) is 4.39. The average molecular weight is 351 g/mol. The van der Waals surface area contributed by atoms with Crippen molar-refractivity contribution in [2.75, 3.05) is 11.9 Å². The Hall–Kier alpha value is -2.21. The van der Waals surface area contributed by atoms with Gasteiger partial charge in [-0.05, 0) is 46.3 Å². The normalized spacial score (nSPS) is 10.0. The molecule has 0 aliphatic rings. The van der Waals surface area contributed by atoms with Gasteiger partial charge in [0.15, 0.2) is 0 Å². The monoisotopic (exact) mass is 350 g/mol. The number of rotatable bonds is 4. The van der Waals surface area contributed by atoms with Crippen molar-refractivity contribution in [3.8, 4) is 0 Å². The van der Waals surface area contributed by atoms with E-state index in [1.807, 2.05) is 6.07 Å². The SMILES string of the molecule is O=C(CNC(=O)c1cccc(F)c1)Nc1ccccc1Br. The van der Waals surface area contributed by atoms with Crippen molar-refractivity contribution in [2.45, 2.75) is 0 Å². The number of hydrogen-bond acceptors (Lipinski definition) is 2. The first-order valence-electron chi connectivity index (χ1n) is 6.14. The zero-order chi connectivity index (χ0) is 15.2. The predicted molar refractivity (Wildman–Crippen MR) is 81.5 cm³/mol. The molecule has 2 aromatic rings. The van der Waals surface area contributed by atoms with E-state index in [2.05, 4.69) is 26.6 Å². The largest absolute Gasteiger partial charge is 0.343 e. The maximum Gasteiger partial charge on any atom is 0.251 e. The molecule has 0 saturated heterocycles. The highest BCUT2D eigenvalue weighted by atomic mass is 79.9. The molecule has 2 rings (SSSR count). The maximum absolute atomic E-state index is 13.0. The first-order valence-corrected chi connectivity index (χ1v) is 6.94. The van der Waals surface area contributed by atoms with Crippen LogP contribution in [0.2, 0.25) is 0 Å². The Kier molecular flexibility index (Phi) is 5.05. The molecule has 0 aliphatic heterocycles. The van der Waals surface area contributed by atoms with Gasteiger partial charge in [0.05, 0.1) is 12.2 Å². The molecule has 0 radical (unpaired) electrons. The summed E-state index contributed by atoms with van der Waals surface area (Å²) in [6, 6.07) is 12.4. The van der Waals surface area contributed by atoms with Crippen LogP contribution in [0, 0.1) is 5.82 Å². The van der Waals surface area contributed by atoms with Gasteiger partial charge in [0.25, 0.3) is 5.91 Å². The van der Waals surface area contributed by atoms with Crippen LogP contribution in [0.3, 0.4) is 0 Å². The van der Waals surface area contributed by atoms with Gasteiger partial charge in [0.1, 0.15) is 5.82 Å². The summed E-state index contributed by atoms with van der Waals surface area (Å²) in [7, 11) is 0. The molecular weight excluding hydrogens is 339 g/mol. The van der Waals surface area contributed by atoms with Gasteiger partial charge in [0.2, 0.25) is 5.91 Å². The second-order valence-corrected chi connectivity index (χ2v) is 5.08. The number of benzene rings is 2. The molecular formula is C15H12BrFN2O2. The highest BCUT2D eigenvalue weighted by Gasteiger charge is 2.09. The summed E-state index contributed by atoms with van der Waals surface area (Å²) in [6.45, 7) is -0.198. The van der Waals surface area contributed by atoms with Crippen LogP contribution in [0.4, 0.5) is 10.1 Å². The second-order valence-electron chi connectivity index (χ2n) is 4.22. The fourth-order valence-electron chi connectivity index (χ4n) is 1.65. The van der Waals surface area contributed by atoms with Crippen molar-refractivity contribution in [2.24, 2.45) is 0 Å². The summed E-state index contributed by atoms with van der Waals surface area (Å²) >= 11 is 3.31. The first kappa shape index (κ1) is 15.2. The molecule has 0 spiro atoms. The molecule has 2 amide bonds. The third-order valence-electron chi connectivity index (χ3n) is 2.64. The van der Waals surface area contributed by atoms with E-state index in [9.17, 15) is 14.0 Å². The van der Waals surface area contributed by atoms with Crippen molar-refractivity contribution in [3.05, 3.63) is 64.4 Å². The van der Waals surface area contributed by atoms with Gasteiger partial charge in [-0.15, -0.1) is 0 Å². The van der Waals surface area contributed by atoms with E-state index in [0.29, 0.717) is 5.69 Å². The first-order chi connectivity index (χ1) is 10.1. The number of para-hydroxylation sites is 1. The van der Waals surface area contributed by atoms with E-state index in [1.165, 1.54) is 18.2 Å². The molecule has 2 aromatic carbocycles. The summed E-state index contributed by atoms with van der Waals surface area (Å²) < 4.78 is 13.7. The molecule has 4 nitrogen and oxygen atoms in total. The Morgan fingerprint density at radius 3 is 2.57 bits per heavy atom. The van der Waals surface area contributed by atoms with Crippen LogP contribution < -0.4 is 10.6 Å². The average Bonchev–Trinajstić information content (AvgIpc) is 2.47. The quantitative estimate of drug-likeness (QED) is 0.890. The number of amides is 2. The van der Waals surface area contributed by atoms with Gasteiger partial charge in [-0.2, -0.15) is 0 Å². The van der Waals surface area contributed by atoms with Gasteiger partial charge in [-0.3, -0.25) is 9.59 Å². The molecule has 0 aromatic heterocycles. The Labute approximate surface area is 129 Å². The van der Waals surface area contributed by atoms with Crippen molar-refractivity contribution in [1.82, 2.24) is 5.32 Å². The lowest BCUT2D eigenvalue weighted by atomic mass is 10.2. The van der Waals surface area contributed by atoms with Crippen LogP contribution in [0.1, 0.15) is 10.4 Å². The van der Waals surface area contributed by atoms with E-state index in [4.69, 9.17) is 0 Å². The zero-order valence-corrected chi connectivity index (χ0v) is 12.5. The van der Waals surface area contributed by atoms with Crippen LogP contribution in [0.15, 0.2) is 53.0 Å². The second kappa shape index (κ2) is 6.99. The fraction of sp³-hybridized carbons (Fsp3) is 0.0667. The van der Waals surface area contributed by atoms with E-state index in [-0.39, 0.29) is 18.0 Å². The third-order valence-corrected chi connectivity index (χ3v) is 3.34. The summed E-state index contributed by atoms with van der Waals surface area (Å²) in [5.41, 5.74) is 0.784. The Morgan fingerprint density at radius 1 is 1.10 bits per heavy atom. The Bertz CT molecular complexity index is 676. The van der Waals surface area contributed by atoms with E-state index < -0.39 is 11.7 Å². The fourth-order valence-corrected chi connectivity index (χ4v) is 2.03. The lowest BCUT2D eigenvalue weighted by Crippen LogP contribution is -2.32. The molecule has 0 unspecified atom stereocenters. The molecule has 0 fully saturated rings. The standard InChI is InChI=1S/C15H12BrFN2O2/c16-12-6-1-2-7-13(12)19-14(20)9-18-15(21)10-4-3-5-11(17)8-10/h1-8H,9H2,(H,18,21)(H,19,20). The summed E-state index contributed by atoms with van der Waals surface area (Å²) in [4.78, 5) is 23.5. The Balaban J connectivity index is 1.90. The number of carbonyl (C=O) groups is 2. The van der Waals surface area contributed by atoms with Crippen molar-refractivity contribution in [3.63, 3.8) is 0 Å². The summed E-state index contributed by atoms with van der Waals surface area (Å²) in [6.07, 6.45) is 0. The summed E-state index contributed by atoms with van der Waals surface area (Å²) in [5, 5.41) is 5.09. The van der Waals surface area contributed by atoms with Crippen LogP contribution in [0.5, 0.6) is 0 Å². The molecule has 0 saturated carbocycles. The van der Waals surface area contributed by atoms with Gasteiger partial charge >= 0.3 is 0 Å². The molecule has 0 atom stereocenters. The molecule has 21 heavy (non-hydrogen) atoms. The molecule has 6 heteroatoms. The highest BCUT2D eigenvalue weighted by Crippen LogP contribution is 2.20. The van der Waals surface area contributed by atoms with E-state index >= 15 is 0 Å². The molecule has 2 N–H and O–H groups in total. The van der Waals surface area contributed by atoms with E-state index in [1.54, 1.807) is 18.2 Å². The number of nitrogens with one attached hydrogen (secondary N) is 2. The topological polar surface area (TPSA) is 58.2 Å². The molecule has 0 bridgehead atoms. The van der Waals surface area contributed by atoms with Crippen LogP contribution in [-0.4, -0.2) is 18.4 Å². The lowest BCUT2D eigenvalue weighted by molar-refractivity contribution is -0.115. The highest BCUT2D eigenvalue weighted by molar-refractivity contribution is 9.10. The number of halogens is 2. The Morgan fingerprint density at radius 2 is 1.86 bits per heavy atom.